The minimum absolute atomic E-state index is 0.0232. The number of aliphatic hydroxyl groups is 1. The zero-order chi connectivity index (χ0) is 17.5. The maximum Gasteiger partial charge on any atom is 0.227 e. The van der Waals surface area contributed by atoms with Crippen molar-refractivity contribution >= 4 is 11.6 Å². The minimum Gasteiger partial charge on any atom is -0.389 e. The number of ether oxygens (including phenoxy) is 1. The smallest absolute Gasteiger partial charge is 0.227 e. The van der Waals surface area contributed by atoms with Crippen LogP contribution in [0.1, 0.15) is 26.7 Å². The van der Waals surface area contributed by atoms with Gasteiger partial charge in [0.25, 0.3) is 0 Å². The summed E-state index contributed by atoms with van der Waals surface area (Å²) in [5.74, 6) is -0.387. The zero-order valence-electron chi connectivity index (χ0n) is 14.4. The lowest BCUT2D eigenvalue weighted by atomic mass is 9.95. The molecule has 1 aromatic carbocycles. The maximum atomic E-state index is 12.9. The number of amides is 1. The number of nitrogens with one attached hydrogen (secondary N) is 1. The van der Waals surface area contributed by atoms with Crippen LogP contribution < -0.4 is 5.32 Å². The second-order valence-electron chi connectivity index (χ2n) is 6.61. The van der Waals surface area contributed by atoms with Gasteiger partial charge in [0, 0.05) is 18.2 Å². The molecule has 0 spiro atoms. The fraction of sp³-hybridized carbons (Fsp3) is 0.611. The Bertz CT molecular complexity index is 514. The van der Waals surface area contributed by atoms with Crippen LogP contribution in [0.15, 0.2) is 24.3 Å². The number of likely N-dealkylation sites (tertiary alicyclic amines) is 1. The number of benzene rings is 1. The molecule has 5 nitrogen and oxygen atoms in total. The van der Waals surface area contributed by atoms with Crippen molar-refractivity contribution in [3.63, 3.8) is 0 Å². The SMILES string of the molecule is CC(C)OCC(O)CN1CCC(C(=O)Nc2ccc(F)cc2)CC1. The number of anilines is 1. The molecule has 24 heavy (non-hydrogen) atoms. The van der Waals surface area contributed by atoms with Crippen molar-refractivity contribution in [1.82, 2.24) is 4.90 Å². The molecule has 1 aliphatic heterocycles. The molecule has 1 amide bonds. The van der Waals surface area contributed by atoms with E-state index in [0.29, 0.717) is 18.8 Å². The lowest BCUT2D eigenvalue weighted by Crippen LogP contribution is -2.42. The number of piperidine rings is 1. The molecule has 0 bridgehead atoms. The van der Waals surface area contributed by atoms with E-state index in [4.69, 9.17) is 4.74 Å². The Labute approximate surface area is 142 Å². The Morgan fingerprint density at radius 1 is 1.33 bits per heavy atom. The van der Waals surface area contributed by atoms with E-state index in [1.807, 2.05) is 13.8 Å². The van der Waals surface area contributed by atoms with Gasteiger partial charge >= 0.3 is 0 Å². The Morgan fingerprint density at radius 3 is 2.54 bits per heavy atom. The van der Waals surface area contributed by atoms with E-state index in [1.165, 1.54) is 12.1 Å². The number of rotatable bonds is 7. The van der Waals surface area contributed by atoms with Crippen LogP contribution >= 0.6 is 0 Å². The van der Waals surface area contributed by atoms with Crippen molar-refractivity contribution in [2.45, 2.75) is 38.9 Å². The van der Waals surface area contributed by atoms with Gasteiger partial charge in [0.1, 0.15) is 5.82 Å². The van der Waals surface area contributed by atoms with E-state index in [9.17, 15) is 14.3 Å². The number of nitrogens with zero attached hydrogens (tertiary/aromatic N) is 1. The van der Waals surface area contributed by atoms with Crippen molar-refractivity contribution in [2.75, 3.05) is 31.6 Å². The van der Waals surface area contributed by atoms with Gasteiger partial charge in [-0.2, -0.15) is 0 Å². The molecule has 1 aliphatic rings. The average molecular weight is 338 g/mol. The number of hydrogen-bond donors (Lipinski definition) is 2. The summed E-state index contributed by atoms with van der Waals surface area (Å²) in [6.07, 6.45) is 1.12. The topological polar surface area (TPSA) is 61.8 Å². The highest BCUT2D eigenvalue weighted by molar-refractivity contribution is 5.92. The maximum absolute atomic E-state index is 12.9. The van der Waals surface area contributed by atoms with Crippen LogP contribution in [0.2, 0.25) is 0 Å². The van der Waals surface area contributed by atoms with E-state index in [2.05, 4.69) is 10.2 Å². The first kappa shape index (κ1) is 18.8. The number of aliphatic hydroxyl groups excluding tert-OH is 1. The van der Waals surface area contributed by atoms with E-state index in [0.717, 1.165) is 25.9 Å². The molecule has 0 aliphatic carbocycles. The fourth-order valence-corrected chi connectivity index (χ4v) is 2.81. The van der Waals surface area contributed by atoms with Crippen molar-refractivity contribution in [2.24, 2.45) is 5.92 Å². The number of hydrogen-bond acceptors (Lipinski definition) is 4. The van der Waals surface area contributed by atoms with Gasteiger partial charge in [-0.25, -0.2) is 4.39 Å². The lowest BCUT2D eigenvalue weighted by molar-refractivity contribution is -0.121. The second-order valence-corrected chi connectivity index (χ2v) is 6.61. The summed E-state index contributed by atoms with van der Waals surface area (Å²) in [4.78, 5) is 14.4. The second kappa shape index (κ2) is 9.11. The van der Waals surface area contributed by atoms with E-state index >= 15 is 0 Å². The van der Waals surface area contributed by atoms with Crippen molar-refractivity contribution < 1.29 is 19.0 Å². The fourth-order valence-electron chi connectivity index (χ4n) is 2.81. The van der Waals surface area contributed by atoms with Crippen molar-refractivity contribution in [3.8, 4) is 0 Å². The van der Waals surface area contributed by atoms with Crippen LogP contribution in [0.4, 0.5) is 10.1 Å². The summed E-state index contributed by atoms with van der Waals surface area (Å²) in [5.41, 5.74) is 0.616. The Kier molecular flexibility index (Phi) is 7.15. The standard InChI is InChI=1S/C18H27FN2O3/c1-13(2)24-12-17(22)11-21-9-7-14(8-10-21)18(23)20-16-5-3-15(19)4-6-16/h3-6,13-14,17,22H,7-12H2,1-2H3,(H,20,23). The van der Waals surface area contributed by atoms with Gasteiger partial charge in [-0.1, -0.05) is 0 Å². The molecule has 6 heteroatoms. The molecule has 0 radical (unpaired) electrons. The molecule has 1 unspecified atom stereocenters. The van der Waals surface area contributed by atoms with Crippen molar-refractivity contribution in [1.29, 1.82) is 0 Å². The molecular weight excluding hydrogens is 311 g/mol. The Balaban J connectivity index is 1.71. The van der Waals surface area contributed by atoms with Crippen LogP contribution in [0.5, 0.6) is 0 Å². The van der Waals surface area contributed by atoms with Gasteiger partial charge in [-0.3, -0.25) is 4.79 Å². The molecule has 134 valence electrons. The van der Waals surface area contributed by atoms with Gasteiger partial charge in [0.05, 0.1) is 18.8 Å². The van der Waals surface area contributed by atoms with Gasteiger partial charge in [0.2, 0.25) is 5.91 Å². The van der Waals surface area contributed by atoms with Gasteiger partial charge in [-0.15, -0.1) is 0 Å². The zero-order valence-corrected chi connectivity index (χ0v) is 14.4. The predicted octanol–water partition coefficient (Wildman–Crippen LogP) is 2.26. The highest BCUT2D eigenvalue weighted by Crippen LogP contribution is 2.20. The first-order valence-electron chi connectivity index (χ1n) is 8.52. The third-order valence-electron chi connectivity index (χ3n) is 4.16. The van der Waals surface area contributed by atoms with Crippen LogP contribution in [0.25, 0.3) is 0 Å². The summed E-state index contributed by atoms with van der Waals surface area (Å²) in [6, 6.07) is 5.79. The number of carbonyl (C=O) groups is 1. The quantitative estimate of drug-likeness (QED) is 0.801. The number of halogens is 1. The molecule has 1 aromatic rings. The summed E-state index contributed by atoms with van der Waals surface area (Å²) in [5, 5.41) is 12.8. The van der Waals surface area contributed by atoms with Crippen LogP contribution in [-0.4, -0.2) is 54.4 Å². The molecule has 1 heterocycles. The lowest BCUT2D eigenvalue weighted by Gasteiger charge is -2.32. The third-order valence-corrected chi connectivity index (χ3v) is 4.16. The largest absolute Gasteiger partial charge is 0.389 e. The number of β-amino-alcohol motifs (C(OH)–C–C–N with tert-alkyl or cyclic N) is 1. The molecule has 2 rings (SSSR count). The van der Waals surface area contributed by atoms with Crippen LogP contribution in [0.3, 0.4) is 0 Å². The Morgan fingerprint density at radius 2 is 1.96 bits per heavy atom. The molecule has 0 saturated carbocycles. The number of carbonyl (C=O) groups excluding carboxylic acids is 1. The molecule has 2 N–H and O–H groups in total. The average Bonchev–Trinajstić information content (AvgIpc) is 2.55. The van der Waals surface area contributed by atoms with E-state index in [-0.39, 0.29) is 23.7 Å². The van der Waals surface area contributed by atoms with E-state index < -0.39 is 6.10 Å². The molecule has 1 atom stereocenters. The normalized spacial score (nSPS) is 17.9. The molecule has 1 fully saturated rings. The summed E-state index contributed by atoms with van der Waals surface area (Å²) in [6.45, 7) is 6.35. The summed E-state index contributed by atoms with van der Waals surface area (Å²) in [7, 11) is 0. The highest BCUT2D eigenvalue weighted by atomic mass is 19.1. The molecule has 0 aromatic heterocycles. The van der Waals surface area contributed by atoms with Crippen LogP contribution in [-0.2, 0) is 9.53 Å². The van der Waals surface area contributed by atoms with Crippen LogP contribution in [0, 0.1) is 11.7 Å². The summed E-state index contributed by atoms with van der Waals surface area (Å²) >= 11 is 0. The van der Waals surface area contributed by atoms with Crippen molar-refractivity contribution in [3.05, 3.63) is 30.1 Å². The Hall–Kier alpha value is -1.50. The van der Waals surface area contributed by atoms with E-state index in [1.54, 1.807) is 12.1 Å². The monoisotopic (exact) mass is 338 g/mol. The first-order valence-corrected chi connectivity index (χ1v) is 8.52. The van der Waals surface area contributed by atoms with Gasteiger partial charge in [-0.05, 0) is 64.0 Å². The summed E-state index contributed by atoms with van der Waals surface area (Å²) < 4.78 is 18.3. The molecule has 1 saturated heterocycles. The minimum atomic E-state index is -0.503. The third kappa shape index (κ3) is 6.19. The van der Waals surface area contributed by atoms with Gasteiger partial charge < -0.3 is 20.1 Å². The highest BCUT2D eigenvalue weighted by Gasteiger charge is 2.26. The first-order chi connectivity index (χ1) is 11.4. The molecular formula is C18H27FN2O3. The predicted molar refractivity (Wildman–Crippen MR) is 91.3 cm³/mol. The van der Waals surface area contributed by atoms with Gasteiger partial charge in [0.15, 0.2) is 0 Å².